The Morgan fingerprint density at radius 2 is 0.810 bits per heavy atom. The van der Waals surface area contributed by atoms with E-state index in [1.165, 1.54) is 38.1 Å². The largest absolute Gasteiger partial charge is 0.456 e. The molecule has 13 aromatic rings. The topological polar surface area (TPSA) is 29.5 Å². The molecule has 0 fully saturated rings. The zero-order valence-electron chi connectivity index (χ0n) is 34.1. The minimum absolute atomic E-state index is 0.884. The third kappa shape index (κ3) is 5.75. The van der Waals surface area contributed by atoms with Gasteiger partial charge < -0.3 is 13.7 Å². The maximum Gasteiger partial charge on any atom is 0.143 e. The molecule has 0 aliphatic heterocycles. The van der Waals surface area contributed by atoms with Crippen molar-refractivity contribution in [1.29, 1.82) is 0 Å². The lowest BCUT2D eigenvalue weighted by molar-refractivity contribution is 0.669. The van der Waals surface area contributed by atoms with Crippen LogP contribution in [0.5, 0.6) is 0 Å². The first kappa shape index (κ1) is 35.4. The van der Waals surface area contributed by atoms with Crippen molar-refractivity contribution in [2.45, 2.75) is 0 Å². The molecule has 0 aliphatic carbocycles. The average Bonchev–Trinajstić information content (AvgIpc) is 3.94. The molecule has 3 heteroatoms. The second-order valence-corrected chi connectivity index (χ2v) is 16.4. The predicted molar refractivity (Wildman–Crippen MR) is 265 cm³/mol. The van der Waals surface area contributed by atoms with Crippen LogP contribution < -0.4 is 4.90 Å². The molecule has 2 aromatic heterocycles. The van der Waals surface area contributed by atoms with Gasteiger partial charge in [0.15, 0.2) is 0 Å². The van der Waals surface area contributed by atoms with Gasteiger partial charge in [-0.05, 0) is 127 Å². The highest BCUT2D eigenvalue weighted by atomic mass is 16.3. The molecule has 0 amide bonds. The van der Waals surface area contributed by atoms with Gasteiger partial charge in [-0.2, -0.15) is 0 Å². The fourth-order valence-electron chi connectivity index (χ4n) is 9.85. The van der Waals surface area contributed by atoms with Crippen LogP contribution in [-0.2, 0) is 0 Å². The lowest BCUT2D eigenvalue weighted by Crippen LogP contribution is -2.10. The monoisotopic (exact) mass is 803 g/mol. The van der Waals surface area contributed by atoms with Crippen LogP contribution in [-0.4, -0.2) is 0 Å². The van der Waals surface area contributed by atoms with Crippen LogP contribution in [0.3, 0.4) is 0 Å². The van der Waals surface area contributed by atoms with Crippen molar-refractivity contribution in [3.05, 3.63) is 224 Å². The van der Waals surface area contributed by atoms with E-state index in [-0.39, 0.29) is 0 Å². The summed E-state index contributed by atoms with van der Waals surface area (Å²) in [5, 5.41) is 11.8. The Labute approximate surface area is 363 Å². The first-order valence-electron chi connectivity index (χ1n) is 21.5. The predicted octanol–water partition coefficient (Wildman–Crippen LogP) is 17.4. The summed E-state index contributed by atoms with van der Waals surface area (Å²) in [4.78, 5) is 2.36. The Balaban J connectivity index is 0.937. The Morgan fingerprint density at radius 3 is 1.60 bits per heavy atom. The van der Waals surface area contributed by atoms with E-state index in [1.54, 1.807) is 0 Å². The zero-order chi connectivity index (χ0) is 41.4. The Kier molecular flexibility index (Phi) is 7.91. The number of furan rings is 2. The van der Waals surface area contributed by atoms with E-state index < -0.39 is 0 Å². The molecule has 0 radical (unpaired) electrons. The third-order valence-electron chi connectivity index (χ3n) is 12.8. The standard InChI is InChI=1S/C60H37NO2/c1-3-14-48-39(10-1)22-23-44-36-42(29-34-49(44)48)38-24-30-45(31-25-38)61(46-32-26-41(27-33-46)50-17-8-20-56-58(50)53-16-5-6-19-55(53)62-56)47-13-7-12-43(37-47)51-18-9-21-57-59(51)54-35-28-40-11-2-4-15-52(40)60(54)63-57/h1-37H. The van der Waals surface area contributed by atoms with Crippen molar-refractivity contribution in [3.63, 3.8) is 0 Å². The van der Waals surface area contributed by atoms with Gasteiger partial charge in [-0.25, -0.2) is 0 Å². The van der Waals surface area contributed by atoms with Crippen LogP contribution >= 0.6 is 0 Å². The first-order chi connectivity index (χ1) is 31.2. The summed E-state index contributed by atoms with van der Waals surface area (Å²) < 4.78 is 12.9. The van der Waals surface area contributed by atoms with Gasteiger partial charge >= 0.3 is 0 Å². The Hall–Kier alpha value is -8.40. The van der Waals surface area contributed by atoms with Gasteiger partial charge in [0.05, 0.1) is 0 Å². The Morgan fingerprint density at radius 1 is 0.270 bits per heavy atom. The number of benzene rings is 11. The maximum atomic E-state index is 6.61. The molecular weight excluding hydrogens is 767 g/mol. The Bertz CT molecular complexity index is 3910. The summed E-state index contributed by atoms with van der Waals surface area (Å²) in [5.41, 5.74) is 13.7. The van der Waals surface area contributed by atoms with Crippen LogP contribution in [0.15, 0.2) is 233 Å². The number of rotatable bonds is 6. The molecular formula is C60H37NO2. The van der Waals surface area contributed by atoms with Crippen molar-refractivity contribution in [3.8, 4) is 33.4 Å². The van der Waals surface area contributed by atoms with Crippen molar-refractivity contribution in [2.75, 3.05) is 4.90 Å². The third-order valence-corrected chi connectivity index (χ3v) is 12.8. The molecule has 2 heterocycles. The minimum Gasteiger partial charge on any atom is -0.456 e. The SMILES string of the molecule is c1cc(-c2cccc3oc4c5ccccc5ccc4c23)cc(N(c2ccc(-c3ccc4c(ccc5ccccc54)c3)cc2)c2ccc(-c3cccc4oc5ccccc5c34)cc2)c1. The fourth-order valence-corrected chi connectivity index (χ4v) is 9.85. The van der Waals surface area contributed by atoms with Gasteiger partial charge in [0.25, 0.3) is 0 Å². The number of hydrogen-bond donors (Lipinski definition) is 0. The summed E-state index contributed by atoms with van der Waals surface area (Å²) in [5.74, 6) is 0. The highest BCUT2D eigenvalue weighted by molar-refractivity contribution is 6.19. The van der Waals surface area contributed by atoms with Crippen LogP contribution in [0.25, 0.3) is 110 Å². The molecule has 0 atom stereocenters. The summed E-state index contributed by atoms with van der Waals surface area (Å²) in [6.07, 6.45) is 0. The molecule has 13 rings (SSSR count). The summed E-state index contributed by atoms with van der Waals surface area (Å²) >= 11 is 0. The second kappa shape index (κ2) is 14.1. The molecule has 0 N–H and O–H groups in total. The normalized spacial score (nSPS) is 11.8. The quantitative estimate of drug-likeness (QED) is 0.157. The van der Waals surface area contributed by atoms with E-state index in [0.717, 1.165) is 88.6 Å². The molecule has 63 heavy (non-hydrogen) atoms. The van der Waals surface area contributed by atoms with Gasteiger partial charge in [-0.15, -0.1) is 0 Å². The van der Waals surface area contributed by atoms with Crippen molar-refractivity contribution < 1.29 is 8.83 Å². The number of nitrogens with zero attached hydrogens (tertiary/aromatic N) is 1. The van der Waals surface area contributed by atoms with Crippen LogP contribution in [0.2, 0.25) is 0 Å². The number of hydrogen-bond acceptors (Lipinski definition) is 3. The average molecular weight is 804 g/mol. The molecule has 0 bridgehead atoms. The van der Waals surface area contributed by atoms with E-state index in [9.17, 15) is 0 Å². The second-order valence-electron chi connectivity index (χ2n) is 16.4. The lowest BCUT2D eigenvalue weighted by atomic mass is 9.96. The van der Waals surface area contributed by atoms with Gasteiger partial charge in [0, 0.05) is 44.0 Å². The molecule has 11 aromatic carbocycles. The van der Waals surface area contributed by atoms with Gasteiger partial charge in [-0.1, -0.05) is 158 Å². The van der Waals surface area contributed by atoms with Crippen LogP contribution in [0.1, 0.15) is 0 Å². The number of para-hydroxylation sites is 1. The van der Waals surface area contributed by atoms with E-state index in [4.69, 9.17) is 8.83 Å². The van der Waals surface area contributed by atoms with Crippen molar-refractivity contribution in [1.82, 2.24) is 0 Å². The number of anilines is 3. The number of fused-ring (bicyclic) bond motifs is 11. The smallest absolute Gasteiger partial charge is 0.143 e. The molecule has 294 valence electrons. The molecule has 0 aliphatic rings. The molecule has 0 unspecified atom stereocenters. The summed E-state index contributed by atoms with van der Waals surface area (Å²) in [6.45, 7) is 0. The van der Waals surface area contributed by atoms with E-state index in [1.807, 2.05) is 12.1 Å². The first-order valence-corrected chi connectivity index (χ1v) is 21.5. The zero-order valence-corrected chi connectivity index (χ0v) is 34.1. The minimum atomic E-state index is 0.884. The van der Waals surface area contributed by atoms with E-state index >= 15 is 0 Å². The summed E-state index contributed by atoms with van der Waals surface area (Å²) in [6, 6.07) is 80.6. The van der Waals surface area contributed by atoms with Gasteiger partial charge in [0.1, 0.15) is 22.3 Å². The van der Waals surface area contributed by atoms with Gasteiger partial charge in [0.2, 0.25) is 0 Å². The molecule has 0 saturated heterocycles. The molecule has 0 saturated carbocycles. The van der Waals surface area contributed by atoms with Crippen LogP contribution in [0, 0.1) is 0 Å². The highest BCUT2D eigenvalue weighted by Crippen LogP contribution is 2.44. The molecule has 3 nitrogen and oxygen atoms in total. The maximum absolute atomic E-state index is 6.61. The lowest BCUT2D eigenvalue weighted by Gasteiger charge is -2.26. The van der Waals surface area contributed by atoms with Crippen molar-refractivity contribution in [2.24, 2.45) is 0 Å². The van der Waals surface area contributed by atoms with Gasteiger partial charge in [-0.3, -0.25) is 0 Å². The summed E-state index contributed by atoms with van der Waals surface area (Å²) in [7, 11) is 0. The van der Waals surface area contributed by atoms with Crippen LogP contribution in [0.4, 0.5) is 17.1 Å². The van der Waals surface area contributed by atoms with E-state index in [2.05, 4.69) is 217 Å². The highest BCUT2D eigenvalue weighted by Gasteiger charge is 2.19. The van der Waals surface area contributed by atoms with E-state index in [0.29, 0.717) is 0 Å². The molecule has 0 spiro atoms. The van der Waals surface area contributed by atoms with Crippen molar-refractivity contribution >= 4 is 93.3 Å². The fraction of sp³-hybridized carbons (Fsp3) is 0.